The van der Waals surface area contributed by atoms with Gasteiger partial charge in [-0.1, -0.05) is 0 Å². The number of aromatic nitrogens is 4. The van der Waals surface area contributed by atoms with Gasteiger partial charge in [-0.3, -0.25) is 19.4 Å². The summed E-state index contributed by atoms with van der Waals surface area (Å²) in [6.07, 6.45) is 8.87. The lowest BCUT2D eigenvalue weighted by Gasteiger charge is -2.31. The van der Waals surface area contributed by atoms with E-state index in [1.54, 1.807) is 29.3 Å². The molecule has 1 aliphatic heterocycles. The largest absolute Gasteiger partial charge is 0.337 e. The maximum atomic E-state index is 12.3. The second kappa shape index (κ2) is 5.40. The average Bonchev–Trinajstić information content (AvgIpc) is 2.94. The SMILES string of the molecule is Cn1ccc(C(=O)N2CCC(c3cnccn3)CC2)n1. The van der Waals surface area contributed by atoms with E-state index in [-0.39, 0.29) is 5.91 Å². The number of rotatable bonds is 2. The van der Waals surface area contributed by atoms with E-state index in [0.29, 0.717) is 11.6 Å². The van der Waals surface area contributed by atoms with Gasteiger partial charge in [-0.2, -0.15) is 5.10 Å². The molecule has 6 heteroatoms. The summed E-state index contributed by atoms with van der Waals surface area (Å²) in [6, 6.07) is 1.76. The van der Waals surface area contributed by atoms with Crippen molar-refractivity contribution in [2.75, 3.05) is 13.1 Å². The minimum absolute atomic E-state index is 0.0168. The molecule has 6 nitrogen and oxygen atoms in total. The number of amides is 1. The topological polar surface area (TPSA) is 63.9 Å². The van der Waals surface area contributed by atoms with E-state index in [9.17, 15) is 4.79 Å². The van der Waals surface area contributed by atoms with Gasteiger partial charge in [0.25, 0.3) is 5.91 Å². The molecule has 0 radical (unpaired) electrons. The summed E-state index contributed by atoms with van der Waals surface area (Å²) in [5.74, 6) is 0.416. The van der Waals surface area contributed by atoms with Crippen LogP contribution in [0.4, 0.5) is 0 Å². The Hall–Kier alpha value is -2.24. The maximum absolute atomic E-state index is 12.3. The van der Waals surface area contributed by atoms with Gasteiger partial charge in [-0.15, -0.1) is 0 Å². The molecule has 0 N–H and O–H groups in total. The van der Waals surface area contributed by atoms with Gasteiger partial charge in [0.05, 0.1) is 5.69 Å². The van der Waals surface area contributed by atoms with Crippen LogP contribution in [0.2, 0.25) is 0 Å². The van der Waals surface area contributed by atoms with Crippen LogP contribution in [0.1, 0.15) is 34.9 Å². The molecular formula is C14H17N5O. The van der Waals surface area contributed by atoms with Crippen molar-refractivity contribution in [2.45, 2.75) is 18.8 Å². The van der Waals surface area contributed by atoms with Crippen LogP contribution in [0.25, 0.3) is 0 Å². The number of likely N-dealkylation sites (tertiary alicyclic amines) is 1. The molecule has 0 atom stereocenters. The Morgan fingerprint density at radius 2 is 2.10 bits per heavy atom. The summed E-state index contributed by atoms with van der Waals surface area (Å²) < 4.78 is 1.65. The minimum Gasteiger partial charge on any atom is -0.337 e. The number of nitrogens with zero attached hydrogens (tertiary/aromatic N) is 5. The Kier molecular flexibility index (Phi) is 3.45. The Labute approximate surface area is 117 Å². The van der Waals surface area contributed by atoms with Crippen molar-refractivity contribution in [1.82, 2.24) is 24.6 Å². The van der Waals surface area contributed by atoms with Gasteiger partial charge in [0.1, 0.15) is 5.69 Å². The normalized spacial score (nSPS) is 16.4. The first-order valence-electron chi connectivity index (χ1n) is 6.79. The summed E-state index contributed by atoms with van der Waals surface area (Å²) in [5, 5.41) is 4.17. The van der Waals surface area contributed by atoms with E-state index < -0.39 is 0 Å². The van der Waals surface area contributed by atoms with Gasteiger partial charge in [0, 0.05) is 50.8 Å². The third-order valence-electron chi connectivity index (χ3n) is 3.72. The van der Waals surface area contributed by atoms with Crippen LogP contribution in [0, 0.1) is 0 Å². The summed E-state index contributed by atoms with van der Waals surface area (Å²) >= 11 is 0. The third-order valence-corrected chi connectivity index (χ3v) is 3.72. The minimum atomic E-state index is 0.0168. The number of piperidine rings is 1. The maximum Gasteiger partial charge on any atom is 0.274 e. The van der Waals surface area contributed by atoms with Gasteiger partial charge in [-0.25, -0.2) is 0 Å². The van der Waals surface area contributed by atoms with Crippen molar-refractivity contribution >= 4 is 5.91 Å². The highest BCUT2D eigenvalue weighted by Crippen LogP contribution is 2.26. The first-order valence-corrected chi connectivity index (χ1v) is 6.79. The second-order valence-corrected chi connectivity index (χ2v) is 5.07. The standard InChI is InChI=1S/C14H17N5O/c1-18-7-4-12(17-18)14(20)19-8-2-11(3-9-19)13-10-15-5-6-16-13/h4-7,10-11H,2-3,8-9H2,1H3. The van der Waals surface area contributed by atoms with Gasteiger partial charge in [-0.05, 0) is 18.9 Å². The molecular weight excluding hydrogens is 254 g/mol. The van der Waals surface area contributed by atoms with E-state index >= 15 is 0 Å². The average molecular weight is 271 g/mol. The summed E-state index contributed by atoms with van der Waals surface area (Å²) in [4.78, 5) is 22.6. The fraction of sp³-hybridized carbons (Fsp3) is 0.429. The van der Waals surface area contributed by atoms with Crippen LogP contribution in [0.15, 0.2) is 30.9 Å². The molecule has 0 aliphatic carbocycles. The Bertz CT molecular complexity index is 587. The lowest BCUT2D eigenvalue weighted by molar-refractivity contribution is 0.0705. The monoisotopic (exact) mass is 271 g/mol. The van der Waals surface area contributed by atoms with Crippen molar-refractivity contribution in [1.29, 1.82) is 0 Å². The molecule has 20 heavy (non-hydrogen) atoms. The molecule has 2 aromatic heterocycles. The van der Waals surface area contributed by atoms with Crippen molar-refractivity contribution in [3.8, 4) is 0 Å². The molecule has 3 rings (SSSR count). The first-order chi connectivity index (χ1) is 9.74. The van der Waals surface area contributed by atoms with Gasteiger partial charge in [0.15, 0.2) is 0 Å². The molecule has 1 saturated heterocycles. The highest BCUT2D eigenvalue weighted by molar-refractivity contribution is 5.92. The van der Waals surface area contributed by atoms with Crippen molar-refractivity contribution in [3.63, 3.8) is 0 Å². The lowest BCUT2D eigenvalue weighted by atomic mass is 9.93. The number of hydrogen-bond donors (Lipinski definition) is 0. The van der Waals surface area contributed by atoms with Crippen molar-refractivity contribution < 1.29 is 4.79 Å². The fourth-order valence-electron chi connectivity index (χ4n) is 2.59. The van der Waals surface area contributed by atoms with Crippen molar-refractivity contribution in [2.24, 2.45) is 7.05 Å². The number of aryl methyl sites for hydroxylation is 1. The smallest absolute Gasteiger partial charge is 0.274 e. The molecule has 1 aliphatic rings. The number of carbonyl (C=O) groups is 1. The fourth-order valence-corrected chi connectivity index (χ4v) is 2.59. The zero-order chi connectivity index (χ0) is 13.9. The van der Waals surface area contributed by atoms with E-state index in [1.807, 2.05) is 18.1 Å². The van der Waals surface area contributed by atoms with Crippen LogP contribution < -0.4 is 0 Å². The van der Waals surface area contributed by atoms with E-state index in [2.05, 4.69) is 15.1 Å². The van der Waals surface area contributed by atoms with E-state index in [0.717, 1.165) is 31.6 Å². The zero-order valence-corrected chi connectivity index (χ0v) is 11.4. The van der Waals surface area contributed by atoms with E-state index in [1.165, 1.54) is 0 Å². The molecule has 0 bridgehead atoms. The van der Waals surface area contributed by atoms with E-state index in [4.69, 9.17) is 0 Å². The van der Waals surface area contributed by atoms with Crippen LogP contribution in [-0.4, -0.2) is 43.6 Å². The molecule has 1 amide bonds. The third kappa shape index (κ3) is 2.54. The van der Waals surface area contributed by atoms with Crippen LogP contribution in [-0.2, 0) is 7.05 Å². The molecule has 104 valence electrons. The zero-order valence-electron chi connectivity index (χ0n) is 11.4. The van der Waals surface area contributed by atoms with Gasteiger partial charge >= 0.3 is 0 Å². The molecule has 1 fully saturated rings. The molecule has 0 spiro atoms. The van der Waals surface area contributed by atoms with Crippen LogP contribution in [0.5, 0.6) is 0 Å². The number of carbonyl (C=O) groups excluding carboxylic acids is 1. The predicted octanol–water partition coefficient (Wildman–Crippen LogP) is 1.23. The highest BCUT2D eigenvalue weighted by Gasteiger charge is 2.26. The first kappa shape index (κ1) is 12.8. The lowest BCUT2D eigenvalue weighted by Crippen LogP contribution is -2.38. The van der Waals surface area contributed by atoms with Crippen molar-refractivity contribution in [3.05, 3.63) is 42.2 Å². The van der Waals surface area contributed by atoms with Gasteiger partial charge in [0.2, 0.25) is 0 Å². The summed E-state index contributed by atoms with van der Waals surface area (Å²) in [7, 11) is 1.82. The Morgan fingerprint density at radius 1 is 1.30 bits per heavy atom. The molecule has 0 saturated carbocycles. The second-order valence-electron chi connectivity index (χ2n) is 5.07. The Morgan fingerprint density at radius 3 is 2.70 bits per heavy atom. The van der Waals surface area contributed by atoms with Crippen LogP contribution >= 0.6 is 0 Å². The Balaban J connectivity index is 1.63. The highest BCUT2D eigenvalue weighted by atomic mass is 16.2. The van der Waals surface area contributed by atoms with Crippen LogP contribution in [0.3, 0.4) is 0 Å². The molecule has 0 aromatic carbocycles. The number of hydrogen-bond acceptors (Lipinski definition) is 4. The summed E-state index contributed by atoms with van der Waals surface area (Å²) in [5.41, 5.74) is 1.54. The molecule has 3 heterocycles. The molecule has 2 aromatic rings. The summed E-state index contributed by atoms with van der Waals surface area (Å²) in [6.45, 7) is 1.49. The van der Waals surface area contributed by atoms with Gasteiger partial charge < -0.3 is 4.90 Å². The predicted molar refractivity (Wildman–Crippen MR) is 73.1 cm³/mol. The molecule has 0 unspecified atom stereocenters. The quantitative estimate of drug-likeness (QED) is 0.824.